The number of hydrogen-bond donors (Lipinski definition) is 1. The second-order valence-corrected chi connectivity index (χ2v) is 4.05. The van der Waals surface area contributed by atoms with E-state index < -0.39 is 0 Å². The van der Waals surface area contributed by atoms with Crippen molar-refractivity contribution in [1.29, 1.82) is 0 Å². The molecule has 0 unspecified atom stereocenters. The Bertz CT molecular complexity index is 722. The van der Waals surface area contributed by atoms with Gasteiger partial charge in [-0.3, -0.25) is 4.98 Å². The molecule has 0 atom stereocenters. The Labute approximate surface area is 109 Å². The molecule has 3 heterocycles. The molecule has 0 saturated carbocycles. The van der Waals surface area contributed by atoms with Gasteiger partial charge in [-0.15, -0.1) is 0 Å². The topological polar surface area (TPSA) is 90.7 Å². The zero-order valence-electron chi connectivity index (χ0n) is 10.2. The van der Waals surface area contributed by atoms with Crippen LogP contribution < -0.4 is 5.73 Å². The molecule has 0 radical (unpaired) electrons. The molecule has 94 valence electrons. The van der Waals surface area contributed by atoms with Crippen LogP contribution in [-0.2, 0) is 0 Å². The van der Waals surface area contributed by atoms with E-state index in [1.54, 1.807) is 18.5 Å². The van der Waals surface area contributed by atoms with E-state index in [9.17, 15) is 0 Å². The van der Waals surface area contributed by atoms with Crippen LogP contribution >= 0.6 is 0 Å². The molecular formula is C13H11N5O. The van der Waals surface area contributed by atoms with Crippen molar-refractivity contribution in [2.75, 3.05) is 5.73 Å². The smallest absolute Gasteiger partial charge is 0.260 e. The summed E-state index contributed by atoms with van der Waals surface area (Å²) >= 11 is 0. The zero-order valence-corrected chi connectivity index (χ0v) is 10.2. The SMILES string of the molecule is Cc1cccc(-c2noc(-c3ccncc3N)n2)n1. The van der Waals surface area contributed by atoms with Gasteiger partial charge in [-0.05, 0) is 25.1 Å². The number of aromatic nitrogens is 4. The number of hydrogen-bond acceptors (Lipinski definition) is 6. The van der Waals surface area contributed by atoms with Crippen LogP contribution in [0.25, 0.3) is 23.0 Å². The van der Waals surface area contributed by atoms with Gasteiger partial charge in [-0.2, -0.15) is 4.98 Å². The summed E-state index contributed by atoms with van der Waals surface area (Å²) in [4.78, 5) is 12.6. The van der Waals surface area contributed by atoms with Gasteiger partial charge < -0.3 is 10.3 Å². The molecule has 0 aliphatic heterocycles. The highest BCUT2D eigenvalue weighted by atomic mass is 16.5. The minimum absolute atomic E-state index is 0.359. The van der Waals surface area contributed by atoms with E-state index in [1.165, 1.54) is 0 Å². The van der Waals surface area contributed by atoms with Crippen molar-refractivity contribution in [3.8, 4) is 23.0 Å². The van der Waals surface area contributed by atoms with Crippen LogP contribution in [0.1, 0.15) is 5.69 Å². The molecule has 3 aromatic heterocycles. The second kappa shape index (κ2) is 4.49. The molecule has 0 spiro atoms. The van der Waals surface area contributed by atoms with Crippen LogP contribution in [0.5, 0.6) is 0 Å². The van der Waals surface area contributed by atoms with Crippen molar-refractivity contribution < 1.29 is 4.52 Å². The largest absolute Gasteiger partial charge is 0.397 e. The van der Waals surface area contributed by atoms with Gasteiger partial charge >= 0.3 is 0 Å². The standard InChI is InChI=1S/C13H11N5O/c1-8-3-2-4-11(16-8)12-17-13(19-18-12)9-5-6-15-7-10(9)14/h2-7H,14H2,1H3. The molecule has 0 bridgehead atoms. The van der Waals surface area contributed by atoms with Gasteiger partial charge in [0.15, 0.2) is 0 Å². The highest BCUT2D eigenvalue weighted by molar-refractivity contribution is 5.69. The van der Waals surface area contributed by atoms with Crippen molar-refractivity contribution in [2.45, 2.75) is 6.92 Å². The highest BCUT2D eigenvalue weighted by Crippen LogP contribution is 2.25. The van der Waals surface area contributed by atoms with Gasteiger partial charge in [0.1, 0.15) is 5.69 Å². The van der Waals surface area contributed by atoms with E-state index in [-0.39, 0.29) is 0 Å². The highest BCUT2D eigenvalue weighted by Gasteiger charge is 2.13. The summed E-state index contributed by atoms with van der Waals surface area (Å²) in [6.45, 7) is 1.91. The maximum Gasteiger partial charge on any atom is 0.260 e. The maximum atomic E-state index is 5.82. The minimum Gasteiger partial charge on any atom is -0.397 e. The first kappa shape index (κ1) is 11.3. The predicted molar refractivity (Wildman–Crippen MR) is 69.9 cm³/mol. The maximum absolute atomic E-state index is 5.82. The van der Waals surface area contributed by atoms with E-state index in [4.69, 9.17) is 10.3 Å². The number of nitrogens with zero attached hydrogens (tertiary/aromatic N) is 4. The average Bonchev–Trinajstić information content (AvgIpc) is 2.89. The number of pyridine rings is 2. The van der Waals surface area contributed by atoms with Gasteiger partial charge in [0.05, 0.1) is 17.4 Å². The van der Waals surface area contributed by atoms with Crippen molar-refractivity contribution in [3.05, 3.63) is 42.4 Å². The number of rotatable bonds is 2. The summed E-state index contributed by atoms with van der Waals surface area (Å²) in [5.41, 5.74) is 8.55. The number of nitrogen functional groups attached to an aromatic ring is 1. The molecule has 0 aliphatic rings. The molecule has 0 fully saturated rings. The molecule has 6 heteroatoms. The Morgan fingerprint density at radius 1 is 1.16 bits per heavy atom. The van der Waals surface area contributed by atoms with Crippen LogP contribution in [0.3, 0.4) is 0 Å². The van der Waals surface area contributed by atoms with E-state index in [0.717, 1.165) is 5.69 Å². The monoisotopic (exact) mass is 253 g/mol. The minimum atomic E-state index is 0.359. The molecule has 3 rings (SSSR count). The Morgan fingerprint density at radius 2 is 2.05 bits per heavy atom. The fraction of sp³-hybridized carbons (Fsp3) is 0.0769. The molecule has 0 aromatic carbocycles. The van der Waals surface area contributed by atoms with Gasteiger partial charge in [0.2, 0.25) is 5.82 Å². The van der Waals surface area contributed by atoms with Crippen molar-refractivity contribution in [3.63, 3.8) is 0 Å². The van der Waals surface area contributed by atoms with Gasteiger partial charge in [0.25, 0.3) is 5.89 Å². The normalized spacial score (nSPS) is 10.6. The van der Waals surface area contributed by atoms with Crippen LogP contribution in [0.15, 0.2) is 41.2 Å². The molecule has 0 saturated heterocycles. The first-order valence-electron chi connectivity index (χ1n) is 5.71. The van der Waals surface area contributed by atoms with Gasteiger partial charge in [-0.25, -0.2) is 4.98 Å². The summed E-state index contributed by atoms with van der Waals surface area (Å²) in [6, 6.07) is 7.37. The molecule has 6 nitrogen and oxygen atoms in total. The van der Waals surface area contributed by atoms with E-state index in [2.05, 4.69) is 20.1 Å². The lowest BCUT2D eigenvalue weighted by Crippen LogP contribution is -1.91. The van der Waals surface area contributed by atoms with Crippen LogP contribution in [-0.4, -0.2) is 20.1 Å². The van der Waals surface area contributed by atoms with Crippen molar-refractivity contribution in [1.82, 2.24) is 20.1 Å². The number of aryl methyl sites for hydroxylation is 1. The molecule has 0 aliphatic carbocycles. The summed E-state index contributed by atoms with van der Waals surface area (Å²) in [6.07, 6.45) is 3.17. The Kier molecular flexibility index (Phi) is 2.68. The Hall–Kier alpha value is -2.76. The van der Waals surface area contributed by atoms with Crippen LogP contribution in [0.4, 0.5) is 5.69 Å². The van der Waals surface area contributed by atoms with Crippen molar-refractivity contribution in [2.24, 2.45) is 0 Å². The molecule has 0 amide bonds. The predicted octanol–water partition coefficient (Wildman–Crippen LogP) is 2.08. The summed E-state index contributed by atoms with van der Waals surface area (Å²) < 4.78 is 5.22. The lowest BCUT2D eigenvalue weighted by atomic mass is 10.2. The fourth-order valence-electron chi connectivity index (χ4n) is 1.71. The summed E-state index contributed by atoms with van der Waals surface area (Å²) in [7, 11) is 0. The van der Waals surface area contributed by atoms with Gasteiger partial charge in [-0.1, -0.05) is 11.2 Å². The molecular weight excluding hydrogens is 242 g/mol. The lowest BCUT2D eigenvalue weighted by molar-refractivity contribution is 0.432. The second-order valence-electron chi connectivity index (χ2n) is 4.05. The molecule has 3 aromatic rings. The van der Waals surface area contributed by atoms with Gasteiger partial charge in [0, 0.05) is 11.9 Å². The quantitative estimate of drug-likeness (QED) is 0.751. The first-order valence-corrected chi connectivity index (χ1v) is 5.71. The zero-order chi connectivity index (χ0) is 13.2. The van der Waals surface area contributed by atoms with Crippen LogP contribution in [0.2, 0.25) is 0 Å². The Balaban J connectivity index is 2.03. The third-order valence-electron chi connectivity index (χ3n) is 2.63. The summed E-state index contributed by atoms with van der Waals surface area (Å²) in [5, 5.41) is 3.92. The number of anilines is 1. The number of nitrogens with two attached hydrogens (primary N) is 1. The Morgan fingerprint density at radius 3 is 2.84 bits per heavy atom. The molecule has 2 N–H and O–H groups in total. The van der Waals surface area contributed by atoms with E-state index in [1.807, 2.05) is 25.1 Å². The van der Waals surface area contributed by atoms with Crippen molar-refractivity contribution >= 4 is 5.69 Å². The third kappa shape index (κ3) is 2.15. The fourth-order valence-corrected chi connectivity index (χ4v) is 1.71. The third-order valence-corrected chi connectivity index (χ3v) is 2.63. The van der Waals surface area contributed by atoms with E-state index >= 15 is 0 Å². The average molecular weight is 253 g/mol. The van der Waals surface area contributed by atoms with E-state index in [0.29, 0.717) is 28.7 Å². The van der Waals surface area contributed by atoms with Crippen LogP contribution in [0, 0.1) is 6.92 Å². The molecule has 19 heavy (non-hydrogen) atoms. The first-order chi connectivity index (χ1) is 9.24. The summed E-state index contributed by atoms with van der Waals surface area (Å²) in [5.74, 6) is 0.799. The lowest BCUT2D eigenvalue weighted by Gasteiger charge is -1.97.